The molecule has 1 fully saturated rings. The van der Waals surface area contributed by atoms with Crippen molar-refractivity contribution in [1.82, 2.24) is 4.90 Å². The van der Waals surface area contributed by atoms with E-state index >= 15 is 0 Å². The smallest absolute Gasteiger partial charge is 0.189 e. The Morgan fingerprint density at radius 1 is 1.00 bits per heavy atom. The van der Waals surface area contributed by atoms with E-state index in [0.717, 1.165) is 37.1 Å². The van der Waals surface area contributed by atoms with Crippen LogP contribution in [0.5, 0.6) is 0 Å². The number of likely N-dealkylation sites (N-methyl/N-ethyl adjacent to an activating group) is 1. The summed E-state index contributed by atoms with van der Waals surface area (Å²) in [5, 5.41) is 4.17. The number of hydrogen-bond donors (Lipinski definition) is 0. The minimum Gasteiger partial charge on any atom is -0.298 e. The lowest BCUT2D eigenvalue weighted by molar-refractivity contribution is -0.113. The average Bonchev–Trinajstić information content (AvgIpc) is 3.02. The van der Waals surface area contributed by atoms with Crippen LogP contribution in [0.25, 0.3) is 0 Å². The molecule has 3 heterocycles. The molecule has 4 heteroatoms. The third kappa shape index (κ3) is 2.25. The van der Waals surface area contributed by atoms with E-state index in [1.807, 2.05) is 0 Å². The Labute approximate surface area is 116 Å². The van der Waals surface area contributed by atoms with Crippen LogP contribution in [0.2, 0.25) is 0 Å². The number of ketones is 1. The van der Waals surface area contributed by atoms with E-state index in [4.69, 9.17) is 0 Å². The van der Waals surface area contributed by atoms with Crippen LogP contribution in [0, 0.1) is 0 Å². The standard InChI is InChI=1S/C14H15NOS2/c1-15-8-10(12-4-2-6-17-12)14(16)11(9-15)13-5-3-7-18-13/h2-3,6-7H,4-5,8-9H2,1H3/b12-10-,13-11+. The summed E-state index contributed by atoms with van der Waals surface area (Å²) in [4.78, 5) is 17.3. The Bertz CT molecular complexity index is 450. The molecule has 0 atom stereocenters. The van der Waals surface area contributed by atoms with Gasteiger partial charge in [0.15, 0.2) is 5.78 Å². The molecule has 0 aliphatic carbocycles. The number of carbonyl (C=O) groups is 1. The van der Waals surface area contributed by atoms with Gasteiger partial charge in [-0.05, 0) is 30.7 Å². The first-order chi connectivity index (χ1) is 8.75. The van der Waals surface area contributed by atoms with Gasteiger partial charge in [-0.2, -0.15) is 0 Å². The monoisotopic (exact) mass is 277 g/mol. The van der Waals surface area contributed by atoms with Crippen LogP contribution >= 0.6 is 23.5 Å². The van der Waals surface area contributed by atoms with Gasteiger partial charge in [-0.1, -0.05) is 12.2 Å². The lowest BCUT2D eigenvalue weighted by Gasteiger charge is -2.28. The van der Waals surface area contributed by atoms with E-state index in [0.29, 0.717) is 0 Å². The third-order valence-corrected chi connectivity index (χ3v) is 5.35. The van der Waals surface area contributed by atoms with E-state index in [-0.39, 0.29) is 5.78 Å². The van der Waals surface area contributed by atoms with Crippen LogP contribution < -0.4 is 0 Å². The summed E-state index contributed by atoms with van der Waals surface area (Å²) in [7, 11) is 2.09. The van der Waals surface area contributed by atoms with Crippen LogP contribution in [0.3, 0.4) is 0 Å². The van der Waals surface area contributed by atoms with E-state index < -0.39 is 0 Å². The number of hydrogen-bond acceptors (Lipinski definition) is 4. The van der Waals surface area contributed by atoms with Crippen LogP contribution in [0.1, 0.15) is 12.8 Å². The lowest BCUT2D eigenvalue weighted by Crippen LogP contribution is -2.36. The summed E-state index contributed by atoms with van der Waals surface area (Å²) in [5.74, 6) is 0.283. The van der Waals surface area contributed by atoms with Crippen molar-refractivity contribution in [1.29, 1.82) is 0 Å². The fourth-order valence-electron chi connectivity index (χ4n) is 2.41. The maximum absolute atomic E-state index is 12.6. The Morgan fingerprint density at radius 3 is 1.89 bits per heavy atom. The molecule has 0 unspecified atom stereocenters. The van der Waals surface area contributed by atoms with Gasteiger partial charge in [-0.25, -0.2) is 0 Å². The van der Waals surface area contributed by atoms with E-state index in [1.165, 1.54) is 9.81 Å². The van der Waals surface area contributed by atoms with Crippen molar-refractivity contribution < 1.29 is 4.79 Å². The molecule has 0 aromatic rings. The molecular weight excluding hydrogens is 262 g/mol. The topological polar surface area (TPSA) is 20.3 Å². The first kappa shape index (κ1) is 12.3. The SMILES string of the molecule is CN1C/C(=C2\CC=CS2)C(=O)/C(=C2\CC=CS2)C1. The highest BCUT2D eigenvalue weighted by Gasteiger charge is 2.29. The predicted molar refractivity (Wildman–Crippen MR) is 79.3 cm³/mol. The zero-order valence-corrected chi connectivity index (χ0v) is 11.9. The largest absolute Gasteiger partial charge is 0.298 e. The van der Waals surface area contributed by atoms with Crippen molar-refractivity contribution in [2.45, 2.75) is 12.8 Å². The molecule has 0 radical (unpaired) electrons. The fraction of sp³-hybridized carbons (Fsp3) is 0.357. The Hall–Kier alpha value is -0.710. The molecule has 3 aliphatic rings. The quantitative estimate of drug-likeness (QED) is 0.633. The first-order valence-corrected chi connectivity index (χ1v) is 7.82. The highest BCUT2D eigenvalue weighted by molar-refractivity contribution is 8.06. The normalized spacial score (nSPS) is 32.8. The van der Waals surface area contributed by atoms with Gasteiger partial charge >= 0.3 is 0 Å². The predicted octanol–water partition coefficient (Wildman–Crippen LogP) is 3.31. The minimum absolute atomic E-state index is 0.283. The molecule has 0 N–H and O–H groups in total. The molecule has 0 aromatic carbocycles. The molecule has 0 spiro atoms. The maximum Gasteiger partial charge on any atom is 0.189 e. The number of allylic oxidation sites excluding steroid dienone is 4. The molecule has 0 bridgehead atoms. The first-order valence-electron chi connectivity index (χ1n) is 6.06. The van der Waals surface area contributed by atoms with Gasteiger partial charge in [0.1, 0.15) is 0 Å². The molecule has 3 aliphatic heterocycles. The van der Waals surface area contributed by atoms with Gasteiger partial charge in [-0.3, -0.25) is 9.69 Å². The summed E-state index contributed by atoms with van der Waals surface area (Å²) in [5.41, 5.74) is 2.02. The zero-order valence-electron chi connectivity index (χ0n) is 10.3. The van der Waals surface area contributed by atoms with E-state index in [1.54, 1.807) is 23.5 Å². The summed E-state index contributed by atoms with van der Waals surface area (Å²) in [6.07, 6.45) is 6.11. The average molecular weight is 277 g/mol. The van der Waals surface area contributed by atoms with Crippen molar-refractivity contribution >= 4 is 29.3 Å². The van der Waals surface area contributed by atoms with Crippen molar-refractivity contribution in [3.05, 3.63) is 43.9 Å². The third-order valence-electron chi connectivity index (χ3n) is 3.30. The second-order valence-corrected chi connectivity index (χ2v) is 6.69. The van der Waals surface area contributed by atoms with Crippen LogP contribution in [0.15, 0.2) is 43.9 Å². The van der Waals surface area contributed by atoms with Crippen LogP contribution in [0.4, 0.5) is 0 Å². The Kier molecular flexibility index (Phi) is 3.50. The second kappa shape index (κ2) is 5.11. The number of thioether (sulfide) groups is 2. The van der Waals surface area contributed by atoms with Gasteiger partial charge < -0.3 is 0 Å². The Balaban J connectivity index is 1.96. The van der Waals surface area contributed by atoms with Crippen LogP contribution in [-0.2, 0) is 4.79 Å². The van der Waals surface area contributed by atoms with Crippen molar-refractivity contribution in [3.8, 4) is 0 Å². The molecule has 0 saturated carbocycles. The summed E-state index contributed by atoms with van der Waals surface area (Å²) >= 11 is 3.41. The van der Waals surface area contributed by atoms with Gasteiger partial charge in [0, 0.05) is 34.0 Å². The minimum atomic E-state index is 0.283. The second-order valence-electron chi connectivity index (χ2n) is 4.69. The zero-order chi connectivity index (χ0) is 12.5. The van der Waals surface area contributed by atoms with Gasteiger partial charge in [0.05, 0.1) is 0 Å². The molecule has 1 saturated heterocycles. The van der Waals surface area contributed by atoms with E-state index in [2.05, 4.69) is 34.9 Å². The molecule has 18 heavy (non-hydrogen) atoms. The molecule has 3 rings (SSSR count). The molecule has 94 valence electrons. The Morgan fingerprint density at radius 2 is 1.50 bits per heavy atom. The number of piperidine rings is 1. The highest BCUT2D eigenvalue weighted by Crippen LogP contribution is 2.38. The lowest BCUT2D eigenvalue weighted by atomic mass is 9.96. The van der Waals surface area contributed by atoms with Gasteiger partial charge in [-0.15, -0.1) is 23.5 Å². The number of Topliss-reactive ketones (excluding diaryl/α,β-unsaturated/α-hetero) is 1. The van der Waals surface area contributed by atoms with Crippen molar-refractivity contribution in [2.75, 3.05) is 20.1 Å². The molecule has 0 aromatic heterocycles. The van der Waals surface area contributed by atoms with Crippen LogP contribution in [-0.4, -0.2) is 30.8 Å². The molecule has 2 nitrogen and oxygen atoms in total. The molecule has 0 amide bonds. The van der Waals surface area contributed by atoms with Gasteiger partial charge in [0.25, 0.3) is 0 Å². The highest BCUT2D eigenvalue weighted by atomic mass is 32.2. The maximum atomic E-state index is 12.6. The van der Waals surface area contributed by atoms with Crippen molar-refractivity contribution in [2.24, 2.45) is 0 Å². The number of rotatable bonds is 0. The molecular formula is C14H15NOS2. The fourth-order valence-corrected chi connectivity index (χ4v) is 4.10. The summed E-state index contributed by atoms with van der Waals surface area (Å²) in [6.45, 7) is 1.58. The summed E-state index contributed by atoms with van der Waals surface area (Å²) in [6, 6.07) is 0. The number of likely N-dealkylation sites (tertiary alicyclic amines) is 1. The van der Waals surface area contributed by atoms with Crippen molar-refractivity contribution in [3.63, 3.8) is 0 Å². The summed E-state index contributed by atoms with van der Waals surface area (Å²) < 4.78 is 0. The van der Waals surface area contributed by atoms with E-state index in [9.17, 15) is 4.79 Å². The number of carbonyl (C=O) groups excluding carboxylic acids is 1. The number of nitrogens with zero attached hydrogens (tertiary/aromatic N) is 1. The van der Waals surface area contributed by atoms with Gasteiger partial charge in [0.2, 0.25) is 0 Å².